The summed E-state index contributed by atoms with van der Waals surface area (Å²) in [5.74, 6) is -4.73. The Bertz CT molecular complexity index is 1100. The normalized spacial score (nSPS) is 29.7. The van der Waals surface area contributed by atoms with Gasteiger partial charge in [-0.1, -0.05) is 0 Å². The maximum absolute atomic E-state index is 14.7. The number of ether oxygens (including phenoxy) is 1. The molecular weight excluding hydrogens is 400 g/mol. The summed E-state index contributed by atoms with van der Waals surface area (Å²) in [5, 5.41) is 50.6. The van der Waals surface area contributed by atoms with Crippen molar-refractivity contribution >= 4 is 0 Å². The fraction of sp³-hybridized carbons (Fsp3) is 0.389. The van der Waals surface area contributed by atoms with Crippen LogP contribution in [0.1, 0.15) is 36.1 Å². The minimum Gasteiger partial charge on any atom is -0.494 e. The predicted molar refractivity (Wildman–Crippen MR) is 86.7 cm³/mol. The molecule has 2 aliphatic rings. The van der Waals surface area contributed by atoms with Gasteiger partial charge in [0.05, 0.1) is 34.0 Å². The third kappa shape index (κ3) is 2.06. The van der Waals surface area contributed by atoms with E-state index in [4.69, 9.17) is 10.00 Å². The van der Waals surface area contributed by atoms with E-state index in [1.54, 1.807) is 0 Å². The SMILES string of the molecule is CC12OC(C)(c3c1c(O)n(-c1ccc(C#N)c(C(F)(F)F)c1)c3O)C(O)(O)[C@H]2F. The van der Waals surface area contributed by atoms with Crippen molar-refractivity contribution in [3.63, 3.8) is 0 Å². The van der Waals surface area contributed by atoms with Gasteiger partial charge in [0.25, 0.3) is 0 Å². The highest BCUT2D eigenvalue weighted by Crippen LogP contribution is 2.67. The lowest BCUT2D eigenvalue weighted by Crippen LogP contribution is -2.55. The molecular formula is C18H14F4N2O5. The van der Waals surface area contributed by atoms with Crippen LogP contribution in [0.3, 0.4) is 0 Å². The highest BCUT2D eigenvalue weighted by molar-refractivity contribution is 5.63. The summed E-state index contributed by atoms with van der Waals surface area (Å²) in [4.78, 5) is 0. The fourth-order valence-corrected chi connectivity index (χ4v) is 4.31. The smallest absolute Gasteiger partial charge is 0.417 e. The molecule has 4 rings (SSSR count). The lowest BCUT2D eigenvalue weighted by atomic mass is 9.74. The summed E-state index contributed by atoms with van der Waals surface area (Å²) in [6.07, 6.45) is -7.31. The van der Waals surface area contributed by atoms with Crippen LogP contribution >= 0.6 is 0 Å². The van der Waals surface area contributed by atoms with Crippen LogP contribution in [0.2, 0.25) is 0 Å². The Morgan fingerprint density at radius 1 is 1.14 bits per heavy atom. The molecule has 0 aliphatic carbocycles. The molecule has 3 atom stereocenters. The zero-order valence-electron chi connectivity index (χ0n) is 14.9. The number of aliphatic hydroxyl groups is 2. The van der Waals surface area contributed by atoms with Gasteiger partial charge in [0, 0.05) is 0 Å². The van der Waals surface area contributed by atoms with Gasteiger partial charge in [-0.15, -0.1) is 0 Å². The second-order valence-corrected chi connectivity index (χ2v) is 7.40. The topological polar surface area (TPSA) is 119 Å². The Balaban J connectivity index is 2.01. The van der Waals surface area contributed by atoms with Crippen molar-refractivity contribution < 1.29 is 42.7 Å². The molecule has 0 spiro atoms. The first-order valence-corrected chi connectivity index (χ1v) is 8.30. The molecule has 1 aromatic heterocycles. The number of rotatable bonds is 1. The van der Waals surface area contributed by atoms with E-state index in [9.17, 15) is 38.0 Å². The van der Waals surface area contributed by atoms with E-state index in [-0.39, 0.29) is 16.8 Å². The van der Waals surface area contributed by atoms with Crippen molar-refractivity contribution in [2.75, 3.05) is 0 Å². The molecule has 11 heteroatoms. The average molecular weight is 414 g/mol. The van der Waals surface area contributed by atoms with Gasteiger partial charge in [-0.3, -0.25) is 4.57 Å². The number of aromatic hydroxyl groups is 2. The molecule has 7 nitrogen and oxygen atoms in total. The number of nitrogens with zero attached hydrogens (tertiary/aromatic N) is 2. The van der Waals surface area contributed by atoms with Gasteiger partial charge in [-0.05, 0) is 32.0 Å². The quantitative estimate of drug-likeness (QED) is 0.420. The Labute approximate surface area is 160 Å². The molecule has 2 aromatic rings. The standard InChI is InChI=1S/C18H14F4N2O5/c1-15-10-11(16(2,29-15)17(27,28)14(15)19)13(26)24(12(10)25)8-4-3-7(6-23)9(5-8)18(20,21)22/h3-5,14,25-28H,1-2H3/t14-,15?,16?/m0/s1. The Kier molecular flexibility index (Phi) is 3.50. The highest BCUT2D eigenvalue weighted by atomic mass is 19.4. The number of halogens is 4. The van der Waals surface area contributed by atoms with Crippen LogP contribution in [0.25, 0.3) is 5.69 Å². The van der Waals surface area contributed by atoms with Crippen molar-refractivity contribution in [3.05, 3.63) is 40.5 Å². The Morgan fingerprint density at radius 2 is 1.72 bits per heavy atom. The number of hydrogen-bond donors (Lipinski definition) is 4. The van der Waals surface area contributed by atoms with Gasteiger partial charge in [-0.25, -0.2) is 4.39 Å². The summed E-state index contributed by atoms with van der Waals surface area (Å²) < 4.78 is 60.6. The molecule has 0 amide bonds. The molecule has 1 aromatic carbocycles. The van der Waals surface area contributed by atoms with E-state index in [0.717, 1.165) is 26.0 Å². The molecule has 0 radical (unpaired) electrons. The molecule has 3 heterocycles. The van der Waals surface area contributed by atoms with Crippen molar-refractivity contribution in [3.8, 4) is 23.5 Å². The molecule has 2 unspecified atom stereocenters. The van der Waals surface area contributed by atoms with Crippen LogP contribution in [-0.4, -0.2) is 37.0 Å². The number of fused-ring (bicyclic) bond motifs is 5. The summed E-state index contributed by atoms with van der Waals surface area (Å²) >= 11 is 0. The minimum absolute atomic E-state index is 0.304. The Morgan fingerprint density at radius 3 is 2.28 bits per heavy atom. The number of benzene rings is 1. The van der Waals surface area contributed by atoms with Crippen LogP contribution in [0.5, 0.6) is 11.8 Å². The van der Waals surface area contributed by atoms with E-state index < -0.39 is 52.2 Å². The molecule has 4 N–H and O–H groups in total. The first kappa shape index (κ1) is 19.5. The molecule has 2 aliphatic heterocycles. The number of hydrogen-bond acceptors (Lipinski definition) is 6. The van der Waals surface area contributed by atoms with Gasteiger partial charge in [-0.2, -0.15) is 18.4 Å². The summed E-state index contributed by atoms with van der Waals surface area (Å²) in [6.45, 7) is 2.21. The highest BCUT2D eigenvalue weighted by Gasteiger charge is 2.77. The van der Waals surface area contributed by atoms with Gasteiger partial charge < -0.3 is 25.2 Å². The van der Waals surface area contributed by atoms with Gasteiger partial charge in [0.15, 0.2) is 11.8 Å². The fourth-order valence-electron chi connectivity index (χ4n) is 4.31. The lowest BCUT2D eigenvalue weighted by molar-refractivity contribution is -0.258. The van der Waals surface area contributed by atoms with Crippen molar-refractivity contribution in [2.24, 2.45) is 0 Å². The van der Waals surface area contributed by atoms with Crippen LogP contribution < -0.4 is 0 Å². The minimum atomic E-state index is -4.89. The second kappa shape index (κ2) is 5.21. The lowest BCUT2D eigenvalue weighted by Gasteiger charge is -2.35. The zero-order chi connectivity index (χ0) is 21.7. The maximum atomic E-state index is 14.7. The second-order valence-electron chi connectivity index (χ2n) is 7.40. The number of alkyl halides is 4. The van der Waals surface area contributed by atoms with E-state index in [0.29, 0.717) is 10.6 Å². The first-order chi connectivity index (χ1) is 13.2. The third-order valence-corrected chi connectivity index (χ3v) is 5.74. The number of nitriles is 1. The molecule has 29 heavy (non-hydrogen) atoms. The monoisotopic (exact) mass is 414 g/mol. The van der Waals surface area contributed by atoms with E-state index in [2.05, 4.69) is 0 Å². The van der Waals surface area contributed by atoms with Crippen molar-refractivity contribution in [2.45, 2.75) is 43.2 Å². The third-order valence-electron chi connectivity index (χ3n) is 5.74. The average Bonchev–Trinajstić information content (AvgIpc) is 3.09. The summed E-state index contributed by atoms with van der Waals surface area (Å²) in [5.41, 5.74) is -7.26. The largest absolute Gasteiger partial charge is 0.494 e. The van der Waals surface area contributed by atoms with Crippen molar-refractivity contribution in [1.82, 2.24) is 4.57 Å². The van der Waals surface area contributed by atoms with Gasteiger partial charge in [0.2, 0.25) is 17.5 Å². The van der Waals surface area contributed by atoms with E-state index >= 15 is 0 Å². The molecule has 1 saturated heterocycles. The molecule has 0 saturated carbocycles. The van der Waals surface area contributed by atoms with Crippen LogP contribution in [0, 0.1) is 11.3 Å². The van der Waals surface area contributed by atoms with Gasteiger partial charge >= 0.3 is 6.18 Å². The van der Waals surface area contributed by atoms with E-state index in [1.165, 1.54) is 6.07 Å². The van der Waals surface area contributed by atoms with Crippen molar-refractivity contribution in [1.29, 1.82) is 5.26 Å². The first-order valence-electron chi connectivity index (χ1n) is 8.30. The van der Waals surface area contributed by atoms with E-state index in [1.807, 2.05) is 0 Å². The summed E-state index contributed by atoms with van der Waals surface area (Å²) in [7, 11) is 0. The molecule has 2 bridgehead atoms. The van der Waals surface area contributed by atoms with Gasteiger partial charge in [0.1, 0.15) is 5.60 Å². The zero-order valence-corrected chi connectivity index (χ0v) is 14.9. The maximum Gasteiger partial charge on any atom is 0.417 e. The van der Waals surface area contributed by atoms with Crippen LogP contribution in [0.15, 0.2) is 18.2 Å². The van der Waals surface area contributed by atoms with Crippen LogP contribution in [-0.2, 0) is 22.1 Å². The molecule has 1 fully saturated rings. The number of aromatic nitrogens is 1. The Hall–Kier alpha value is -2.81. The summed E-state index contributed by atoms with van der Waals surface area (Å²) in [6, 6.07) is 3.86. The molecule has 154 valence electrons. The van der Waals surface area contributed by atoms with Crippen LogP contribution in [0.4, 0.5) is 17.6 Å². The predicted octanol–water partition coefficient (Wildman–Crippen LogP) is 2.27.